The van der Waals surface area contributed by atoms with Crippen LogP contribution >= 0.6 is 11.8 Å². The molecule has 0 unspecified atom stereocenters. The lowest BCUT2D eigenvalue weighted by Gasteiger charge is -2.11. The summed E-state index contributed by atoms with van der Waals surface area (Å²) in [4.78, 5) is 16.7. The van der Waals surface area contributed by atoms with Gasteiger partial charge < -0.3 is 10.1 Å². The number of H-pyrrole nitrogens is 1. The fourth-order valence-electron chi connectivity index (χ4n) is 2.41. The Morgan fingerprint density at radius 2 is 2.30 bits per heavy atom. The molecular formula is C16H20N4O2S. The van der Waals surface area contributed by atoms with Gasteiger partial charge in [0, 0.05) is 12.3 Å². The highest BCUT2D eigenvalue weighted by Crippen LogP contribution is 2.28. The second-order valence-corrected chi connectivity index (χ2v) is 6.88. The van der Waals surface area contributed by atoms with E-state index in [9.17, 15) is 4.79 Å². The molecule has 7 heteroatoms. The van der Waals surface area contributed by atoms with Crippen molar-refractivity contribution < 1.29 is 9.53 Å². The van der Waals surface area contributed by atoms with Crippen LogP contribution in [-0.4, -0.2) is 32.9 Å². The molecule has 0 bridgehead atoms. The number of ether oxygens (including phenoxy) is 1. The van der Waals surface area contributed by atoms with Gasteiger partial charge in [-0.2, -0.15) is 0 Å². The standard InChI is InChI=1S/C16H20N4O2S/c1-10-6-3-4-7-12(10)17-15(21)11(2)23-16-18-14(19-20-16)13-8-5-9-22-13/h3-4,6-7,11,13H,5,8-9H2,1-2H3,(H,17,21)(H,18,19,20)/t11-,13+/m0/s1. The molecular weight excluding hydrogens is 312 g/mol. The number of benzene rings is 1. The number of nitrogens with zero attached hydrogens (tertiary/aromatic N) is 2. The number of carbonyl (C=O) groups is 1. The van der Waals surface area contributed by atoms with Crippen molar-refractivity contribution in [2.24, 2.45) is 0 Å². The molecule has 1 amide bonds. The van der Waals surface area contributed by atoms with Crippen LogP contribution in [0.3, 0.4) is 0 Å². The van der Waals surface area contributed by atoms with E-state index < -0.39 is 0 Å². The van der Waals surface area contributed by atoms with Crippen molar-refractivity contribution in [1.82, 2.24) is 15.2 Å². The largest absolute Gasteiger partial charge is 0.370 e. The highest BCUT2D eigenvalue weighted by atomic mass is 32.2. The summed E-state index contributed by atoms with van der Waals surface area (Å²) < 4.78 is 5.57. The molecule has 1 saturated heterocycles. The quantitative estimate of drug-likeness (QED) is 0.823. The number of anilines is 1. The summed E-state index contributed by atoms with van der Waals surface area (Å²) in [5.41, 5.74) is 1.87. The van der Waals surface area contributed by atoms with Crippen LogP contribution < -0.4 is 5.32 Å². The molecule has 2 N–H and O–H groups in total. The van der Waals surface area contributed by atoms with E-state index in [1.807, 2.05) is 38.1 Å². The number of para-hydroxylation sites is 1. The number of aromatic amines is 1. The van der Waals surface area contributed by atoms with Crippen LogP contribution in [0.1, 0.15) is 37.3 Å². The van der Waals surface area contributed by atoms with Gasteiger partial charge in [-0.05, 0) is 38.3 Å². The van der Waals surface area contributed by atoms with Crippen molar-refractivity contribution in [3.8, 4) is 0 Å². The number of thioether (sulfide) groups is 1. The number of aromatic nitrogens is 3. The Balaban J connectivity index is 1.59. The number of aryl methyl sites for hydroxylation is 1. The van der Waals surface area contributed by atoms with Crippen LogP contribution in [-0.2, 0) is 9.53 Å². The second kappa shape index (κ2) is 7.14. The fourth-order valence-corrected chi connectivity index (χ4v) is 3.14. The fraction of sp³-hybridized carbons (Fsp3) is 0.438. The first-order valence-electron chi connectivity index (χ1n) is 7.70. The van der Waals surface area contributed by atoms with Gasteiger partial charge in [-0.25, -0.2) is 4.98 Å². The monoisotopic (exact) mass is 332 g/mol. The topological polar surface area (TPSA) is 79.9 Å². The first kappa shape index (κ1) is 16.0. The first-order chi connectivity index (χ1) is 11.1. The lowest BCUT2D eigenvalue weighted by Crippen LogP contribution is -2.22. The van der Waals surface area contributed by atoms with Crippen LogP contribution in [0, 0.1) is 6.92 Å². The molecule has 2 aromatic rings. The van der Waals surface area contributed by atoms with E-state index in [0.717, 1.165) is 36.5 Å². The molecule has 1 aromatic heterocycles. The summed E-state index contributed by atoms with van der Waals surface area (Å²) in [6, 6.07) is 7.72. The second-order valence-electron chi connectivity index (χ2n) is 5.57. The molecule has 3 rings (SSSR count). The molecule has 1 fully saturated rings. The van der Waals surface area contributed by atoms with Crippen molar-refractivity contribution in [1.29, 1.82) is 0 Å². The van der Waals surface area contributed by atoms with Crippen LogP contribution in [0.5, 0.6) is 0 Å². The molecule has 1 aliphatic rings. The third-order valence-corrected chi connectivity index (χ3v) is 4.73. The van der Waals surface area contributed by atoms with Crippen LogP contribution in [0.2, 0.25) is 0 Å². The summed E-state index contributed by atoms with van der Waals surface area (Å²) in [6.07, 6.45) is 2.01. The zero-order valence-corrected chi connectivity index (χ0v) is 14.0. The summed E-state index contributed by atoms with van der Waals surface area (Å²) in [7, 11) is 0. The minimum atomic E-state index is -0.289. The minimum Gasteiger partial charge on any atom is -0.370 e. The molecule has 23 heavy (non-hydrogen) atoms. The van der Waals surface area contributed by atoms with E-state index in [1.165, 1.54) is 11.8 Å². The van der Waals surface area contributed by atoms with E-state index in [0.29, 0.717) is 5.16 Å². The number of amides is 1. The normalized spacial score (nSPS) is 18.8. The molecule has 2 atom stereocenters. The molecule has 0 spiro atoms. The number of nitrogens with one attached hydrogen (secondary N) is 2. The van der Waals surface area contributed by atoms with Gasteiger partial charge >= 0.3 is 0 Å². The molecule has 0 radical (unpaired) electrons. The van der Waals surface area contributed by atoms with Crippen LogP contribution in [0.4, 0.5) is 5.69 Å². The lowest BCUT2D eigenvalue weighted by molar-refractivity contribution is -0.115. The maximum absolute atomic E-state index is 12.3. The van der Waals surface area contributed by atoms with Gasteiger partial charge in [0.25, 0.3) is 0 Å². The minimum absolute atomic E-state index is 0.00736. The third kappa shape index (κ3) is 3.92. The van der Waals surface area contributed by atoms with Crippen molar-refractivity contribution in [3.63, 3.8) is 0 Å². The van der Waals surface area contributed by atoms with Gasteiger partial charge in [0.1, 0.15) is 6.10 Å². The number of hydrogen-bond acceptors (Lipinski definition) is 5. The van der Waals surface area contributed by atoms with E-state index in [-0.39, 0.29) is 17.3 Å². The molecule has 0 aliphatic carbocycles. The van der Waals surface area contributed by atoms with Gasteiger partial charge in [0.15, 0.2) is 5.82 Å². The highest BCUT2D eigenvalue weighted by Gasteiger charge is 2.23. The third-order valence-electron chi connectivity index (χ3n) is 3.77. The smallest absolute Gasteiger partial charge is 0.237 e. The Hall–Kier alpha value is -1.86. The zero-order chi connectivity index (χ0) is 16.2. The maximum atomic E-state index is 12.3. The van der Waals surface area contributed by atoms with E-state index in [2.05, 4.69) is 20.5 Å². The molecule has 1 aliphatic heterocycles. The SMILES string of the molecule is Cc1ccccc1NC(=O)[C@H](C)Sc1n[nH]c([C@H]2CCCO2)n1. The van der Waals surface area contributed by atoms with Crippen molar-refractivity contribution in [2.45, 2.75) is 43.2 Å². The van der Waals surface area contributed by atoms with E-state index >= 15 is 0 Å². The Kier molecular flexibility index (Phi) is 4.97. The molecule has 122 valence electrons. The zero-order valence-electron chi connectivity index (χ0n) is 13.2. The molecule has 2 heterocycles. The molecule has 1 aromatic carbocycles. The lowest BCUT2D eigenvalue weighted by atomic mass is 10.2. The first-order valence-corrected chi connectivity index (χ1v) is 8.58. The summed E-state index contributed by atoms with van der Waals surface area (Å²) >= 11 is 1.34. The van der Waals surface area contributed by atoms with Gasteiger partial charge in [0.05, 0.1) is 5.25 Å². The van der Waals surface area contributed by atoms with Gasteiger partial charge in [-0.15, -0.1) is 5.10 Å². The summed E-state index contributed by atoms with van der Waals surface area (Å²) in [5.74, 6) is 0.685. The highest BCUT2D eigenvalue weighted by molar-refractivity contribution is 8.00. The number of hydrogen-bond donors (Lipinski definition) is 2. The predicted molar refractivity (Wildman–Crippen MR) is 89.4 cm³/mol. The van der Waals surface area contributed by atoms with E-state index in [4.69, 9.17) is 4.74 Å². The maximum Gasteiger partial charge on any atom is 0.237 e. The summed E-state index contributed by atoms with van der Waals surface area (Å²) in [5, 5.41) is 10.3. The molecule has 6 nitrogen and oxygen atoms in total. The Morgan fingerprint density at radius 3 is 3.04 bits per heavy atom. The Bertz CT molecular complexity index is 682. The predicted octanol–water partition coefficient (Wildman–Crippen LogP) is 3.08. The van der Waals surface area contributed by atoms with Crippen molar-refractivity contribution in [3.05, 3.63) is 35.7 Å². The average Bonchev–Trinajstić information content (AvgIpc) is 3.20. The van der Waals surface area contributed by atoms with Crippen LogP contribution in [0.15, 0.2) is 29.4 Å². The number of carbonyl (C=O) groups excluding carboxylic acids is 1. The Labute approximate surface area is 139 Å². The summed E-state index contributed by atoms with van der Waals surface area (Å²) in [6.45, 7) is 4.58. The van der Waals surface area contributed by atoms with Gasteiger partial charge in [-0.3, -0.25) is 9.89 Å². The molecule has 0 saturated carbocycles. The number of rotatable bonds is 5. The average molecular weight is 332 g/mol. The van der Waals surface area contributed by atoms with Crippen molar-refractivity contribution >= 4 is 23.4 Å². The van der Waals surface area contributed by atoms with E-state index in [1.54, 1.807) is 0 Å². The van der Waals surface area contributed by atoms with Crippen molar-refractivity contribution in [2.75, 3.05) is 11.9 Å². The van der Waals surface area contributed by atoms with Gasteiger partial charge in [0.2, 0.25) is 11.1 Å². The van der Waals surface area contributed by atoms with Crippen LogP contribution in [0.25, 0.3) is 0 Å². The Morgan fingerprint density at radius 1 is 1.48 bits per heavy atom. The van der Waals surface area contributed by atoms with Gasteiger partial charge in [-0.1, -0.05) is 30.0 Å².